The summed E-state index contributed by atoms with van der Waals surface area (Å²) in [7, 11) is -0.00823. The third kappa shape index (κ3) is 3.90. The number of anilines is 3. The zero-order valence-corrected chi connectivity index (χ0v) is 19.4. The lowest BCUT2D eigenvalue weighted by molar-refractivity contribution is 0.373. The molecule has 0 atom stereocenters. The lowest BCUT2D eigenvalue weighted by Gasteiger charge is -2.14. The average molecular weight is 484 g/mol. The number of nitriles is 1. The van der Waals surface area contributed by atoms with Gasteiger partial charge < -0.3 is 24.1 Å². The smallest absolute Gasteiger partial charge is 0.270 e. The molecule has 0 radical (unpaired) electrons. The third-order valence-electron chi connectivity index (χ3n) is 4.99. The monoisotopic (exact) mass is 484 g/mol. The second-order valence-corrected chi connectivity index (χ2v) is 8.61. The van der Waals surface area contributed by atoms with Crippen LogP contribution < -0.4 is 24.2 Å². The lowest BCUT2D eigenvalue weighted by atomic mass is 10.2. The van der Waals surface area contributed by atoms with Gasteiger partial charge in [-0.25, -0.2) is 8.42 Å². The van der Waals surface area contributed by atoms with Crippen molar-refractivity contribution in [3.63, 3.8) is 0 Å². The van der Waals surface area contributed by atoms with E-state index in [4.69, 9.17) is 18.7 Å². The van der Waals surface area contributed by atoms with Gasteiger partial charge in [-0.2, -0.15) is 10.4 Å². The minimum absolute atomic E-state index is 0.0545. The van der Waals surface area contributed by atoms with Crippen LogP contribution in [0.1, 0.15) is 11.3 Å². The summed E-state index contributed by atoms with van der Waals surface area (Å²) in [5, 5.41) is 23.4. The van der Waals surface area contributed by atoms with Crippen molar-refractivity contribution in [2.24, 2.45) is 0 Å². The maximum atomic E-state index is 13.2. The molecule has 0 unspecified atom stereocenters. The highest BCUT2D eigenvalue weighted by molar-refractivity contribution is 7.93. The van der Waals surface area contributed by atoms with Gasteiger partial charge in [0.2, 0.25) is 0 Å². The average Bonchev–Trinajstić information content (AvgIpc) is 3.39. The van der Waals surface area contributed by atoms with Crippen molar-refractivity contribution in [2.45, 2.75) is 11.8 Å². The molecule has 13 heteroatoms. The molecule has 12 nitrogen and oxygen atoms in total. The van der Waals surface area contributed by atoms with Crippen LogP contribution in [-0.2, 0) is 10.0 Å². The van der Waals surface area contributed by atoms with Crippen LogP contribution in [-0.4, -0.2) is 45.1 Å². The van der Waals surface area contributed by atoms with E-state index >= 15 is 0 Å². The van der Waals surface area contributed by atoms with E-state index < -0.39 is 10.0 Å². The van der Waals surface area contributed by atoms with Gasteiger partial charge in [0.05, 0.1) is 38.1 Å². The van der Waals surface area contributed by atoms with Crippen molar-refractivity contribution in [3.8, 4) is 23.3 Å². The van der Waals surface area contributed by atoms with Crippen molar-refractivity contribution < 1.29 is 27.2 Å². The topological polar surface area (TPSA) is 164 Å². The van der Waals surface area contributed by atoms with Crippen LogP contribution in [0.4, 0.5) is 17.3 Å². The molecule has 0 amide bonds. The number of sulfonamides is 1. The number of ether oxygens (including phenoxy) is 3. The summed E-state index contributed by atoms with van der Waals surface area (Å²) in [5.41, 5.74) is 1.65. The molecular weight excluding hydrogens is 464 g/mol. The maximum absolute atomic E-state index is 13.2. The van der Waals surface area contributed by atoms with Crippen LogP contribution in [0.15, 0.2) is 39.8 Å². The van der Waals surface area contributed by atoms with E-state index in [9.17, 15) is 13.7 Å². The second kappa shape index (κ2) is 8.83. The molecule has 2 aromatic heterocycles. The summed E-state index contributed by atoms with van der Waals surface area (Å²) >= 11 is 0. The molecule has 4 rings (SSSR count). The molecular formula is C21H20N6O6S. The fraction of sp³-hybridized carbons (Fsp3) is 0.190. The number of rotatable bonds is 8. The molecule has 2 heterocycles. The van der Waals surface area contributed by atoms with Crippen molar-refractivity contribution in [1.82, 2.24) is 15.4 Å². The first-order valence-corrected chi connectivity index (χ1v) is 11.2. The van der Waals surface area contributed by atoms with Gasteiger partial charge in [-0.15, -0.1) is 0 Å². The number of nitrogens with one attached hydrogen (secondary N) is 3. The van der Waals surface area contributed by atoms with E-state index in [2.05, 4.69) is 31.5 Å². The molecule has 0 fully saturated rings. The van der Waals surface area contributed by atoms with Crippen molar-refractivity contribution in [1.29, 1.82) is 5.26 Å². The fourth-order valence-electron chi connectivity index (χ4n) is 3.35. The number of benzene rings is 2. The quantitative estimate of drug-likeness (QED) is 0.338. The lowest BCUT2D eigenvalue weighted by Crippen LogP contribution is -2.15. The molecule has 0 aliphatic heterocycles. The van der Waals surface area contributed by atoms with E-state index in [0.717, 1.165) is 0 Å². The normalized spacial score (nSPS) is 11.1. The Morgan fingerprint density at radius 1 is 1.06 bits per heavy atom. The number of aromatic amines is 1. The SMILES string of the molecule is COc1cc2c(NS(=O)(=O)c3c(OC)cccc3OC)noc2cc1Nc1n[nH]c(C)c1C#N. The minimum Gasteiger partial charge on any atom is -0.495 e. The van der Waals surface area contributed by atoms with Gasteiger partial charge in [-0.1, -0.05) is 11.2 Å². The fourth-order valence-corrected chi connectivity index (χ4v) is 4.69. The molecule has 0 saturated heterocycles. The van der Waals surface area contributed by atoms with Gasteiger partial charge in [0.1, 0.15) is 28.9 Å². The Morgan fingerprint density at radius 2 is 1.74 bits per heavy atom. The molecule has 4 aromatic rings. The molecule has 0 bridgehead atoms. The number of nitrogens with zero attached hydrogens (tertiary/aromatic N) is 3. The van der Waals surface area contributed by atoms with Crippen LogP contribution in [0.3, 0.4) is 0 Å². The predicted molar refractivity (Wildman–Crippen MR) is 122 cm³/mol. The highest BCUT2D eigenvalue weighted by Gasteiger charge is 2.27. The van der Waals surface area contributed by atoms with E-state index in [1.807, 2.05) is 0 Å². The minimum atomic E-state index is -4.17. The molecule has 0 saturated carbocycles. The standard InChI is InChI=1S/C21H20N6O6S/c1-11-13(10-22)20(25-24-11)23-14-9-17-12(8-18(14)32-4)21(26-33-17)27-34(28,29)19-15(30-2)6-5-7-16(19)31-3/h5-9H,1-4H3,(H,26,27)(H2,23,24,25). The molecule has 3 N–H and O–H groups in total. The number of H-pyrrole nitrogens is 1. The number of fused-ring (bicyclic) bond motifs is 1. The Kier molecular flexibility index (Phi) is 5.91. The Bertz CT molecular complexity index is 1500. The summed E-state index contributed by atoms with van der Waals surface area (Å²) in [6.07, 6.45) is 0. The van der Waals surface area contributed by atoms with Crippen molar-refractivity contribution in [2.75, 3.05) is 31.4 Å². The van der Waals surface area contributed by atoms with Crippen molar-refractivity contribution in [3.05, 3.63) is 41.6 Å². The third-order valence-corrected chi connectivity index (χ3v) is 6.39. The van der Waals surface area contributed by atoms with Crippen molar-refractivity contribution >= 4 is 38.3 Å². The number of methoxy groups -OCH3 is 3. The van der Waals surface area contributed by atoms with Crippen LogP contribution in [0.2, 0.25) is 0 Å². The first kappa shape index (κ1) is 22.7. The van der Waals surface area contributed by atoms with Crippen LogP contribution >= 0.6 is 0 Å². The van der Waals surface area contributed by atoms with Crippen LogP contribution in [0.5, 0.6) is 17.2 Å². The van der Waals surface area contributed by atoms with Crippen LogP contribution in [0.25, 0.3) is 11.0 Å². The largest absolute Gasteiger partial charge is 0.495 e. The van der Waals surface area contributed by atoms with Gasteiger partial charge in [-0.3, -0.25) is 9.82 Å². The van der Waals surface area contributed by atoms with E-state index in [1.165, 1.54) is 33.5 Å². The van der Waals surface area contributed by atoms with E-state index in [1.54, 1.807) is 25.1 Å². The summed E-state index contributed by atoms with van der Waals surface area (Å²) in [4.78, 5) is -0.181. The number of aromatic nitrogens is 3. The highest BCUT2D eigenvalue weighted by Crippen LogP contribution is 2.38. The Morgan fingerprint density at radius 3 is 2.35 bits per heavy atom. The second-order valence-electron chi connectivity index (χ2n) is 6.99. The van der Waals surface area contributed by atoms with Crippen LogP contribution in [0, 0.1) is 18.3 Å². The van der Waals surface area contributed by atoms with E-state index in [0.29, 0.717) is 33.9 Å². The Balaban J connectivity index is 1.74. The molecule has 2 aromatic carbocycles. The predicted octanol–water partition coefficient (Wildman–Crippen LogP) is 3.30. The van der Waals surface area contributed by atoms with Gasteiger partial charge in [-0.05, 0) is 25.1 Å². The summed E-state index contributed by atoms with van der Waals surface area (Å²) in [5.74, 6) is 0.802. The molecule has 0 aliphatic carbocycles. The van der Waals surface area contributed by atoms with E-state index in [-0.39, 0.29) is 27.8 Å². The molecule has 0 spiro atoms. The number of hydrogen-bond donors (Lipinski definition) is 3. The molecule has 0 aliphatic rings. The first-order chi connectivity index (χ1) is 16.3. The zero-order valence-electron chi connectivity index (χ0n) is 18.6. The summed E-state index contributed by atoms with van der Waals surface area (Å²) in [6.45, 7) is 1.72. The number of hydrogen-bond acceptors (Lipinski definition) is 10. The van der Waals surface area contributed by atoms with Gasteiger partial charge in [0.25, 0.3) is 10.0 Å². The summed E-state index contributed by atoms with van der Waals surface area (Å²) in [6, 6.07) is 9.81. The van der Waals surface area contributed by atoms with Gasteiger partial charge in [0.15, 0.2) is 22.1 Å². The zero-order chi connectivity index (χ0) is 24.5. The Labute approximate surface area is 194 Å². The van der Waals surface area contributed by atoms with Gasteiger partial charge in [0, 0.05) is 6.07 Å². The number of aryl methyl sites for hydroxylation is 1. The van der Waals surface area contributed by atoms with Gasteiger partial charge >= 0.3 is 0 Å². The Hall–Kier alpha value is -4.44. The molecule has 176 valence electrons. The molecule has 34 heavy (non-hydrogen) atoms. The summed E-state index contributed by atoms with van der Waals surface area (Å²) < 4.78 is 50.0. The first-order valence-electron chi connectivity index (χ1n) is 9.76. The highest BCUT2D eigenvalue weighted by atomic mass is 32.2. The maximum Gasteiger partial charge on any atom is 0.270 e.